The molecule has 0 radical (unpaired) electrons. The molecule has 0 aliphatic carbocycles. The van der Waals surface area contributed by atoms with Gasteiger partial charge in [-0.3, -0.25) is 4.79 Å². The molecule has 7 heteroatoms. The Labute approximate surface area is 124 Å². The van der Waals surface area contributed by atoms with Crippen LogP contribution < -0.4 is 5.32 Å². The molecule has 1 aliphatic rings. The Bertz CT molecular complexity index is 399. The summed E-state index contributed by atoms with van der Waals surface area (Å²) < 4.78 is 4.57. The molecule has 3 atom stereocenters. The third-order valence-corrected chi connectivity index (χ3v) is 3.94. The fourth-order valence-corrected chi connectivity index (χ4v) is 2.61. The number of nitrogens with zero attached hydrogens (tertiary/aromatic N) is 1. The van der Waals surface area contributed by atoms with E-state index in [-0.39, 0.29) is 24.3 Å². The summed E-state index contributed by atoms with van der Waals surface area (Å²) in [5.41, 5.74) is 0. The number of amides is 2. The minimum atomic E-state index is -0.816. The highest BCUT2D eigenvalue weighted by Gasteiger charge is 2.29. The SMILES string of the molecule is COC(=O)C(C)NC(=O)N1CCCC(C(C)CC(=O)O)C1. The standard InChI is InChI=1S/C14H24N2O5/c1-9(7-12(17)18)11-5-4-6-16(8-11)14(20)15-10(2)13(19)21-3/h9-11H,4-8H2,1-3H3,(H,15,20)(H,17,18). The van der Waals surface area contributed by atoms with Gasteiger partial charge in [-0.05, 0) is 31.6 Å². The van der Waals surface area contributed by atoms with Gasteiger partial charge in [-0.1, -0.05) is 6.92 Å². The molecule has 0 saturated carbocycles. The fourth-order valence-electron chi connectivity index (χ4n) is 2.61. The lowest BCUT2D eigenvalue weighted by Crippen LogP contribution is -2.50. The van der Waals surface area contributed by atoms with E-state index in [2.05, 4.69) is 10.1 Å². The van der Waals surface area contributed by atoms with Crippen molar-refractivity contribution in [2.75, 3.05) is 20.2 Å². The second kappa shape index (κ2) is 7.85. The predicted molar refractivity (Wildman–Crippen MR) is 75.7 cm³/mol. The first-order valence-electron chi connectivity index (χ1n) is 7.20. The van der Waals surface area contributed by atoms with Gasteiger partial charge in [-0.25, -0.2) is 9.59 Å². The minimum Gasteiger partial charge on any atom is -0.481 e. The number of nitrogens with one attached hydrogen (secondary N) is 1. The molecule has 21 heavy (non-hydrogen) atoms. The van der Waals surface area contributed by atoms with E-state index in [9.17, 15) is 14.4 Å². The molecule has 120 valence electrons. The van der Waals surface area contributed by atoms with Crippen LogP contribution in [0.2, 0.25) is 0 Å². The van der Waals surface area contributed by atoms with Crippen molar-refractivity contribution in [1.82, 2.24) is 10.2 Å². The van der Waals surface area contributed by atoms with Gasteiger partial charge in [0.15, 0.2) is 0 Å². The van der Waals surface area contributed by atoms with Crippen LogP contribution in [0.3, 0.4) is 0 Å². The molecule has 7 nitrogen and oxygen atoms in total. The maximum absolute atomic E-state index is 12.1. The number of aliphatic carboxylic acids is 1. The van der Waals surface area contributed by atoms with Crippen molar-refractivity contribution >= 4 is 18.0 Å². The van der Waals surface area contributed by atoms with Crippen LogP contribution in [-0.4, -0.2) is 54.2 Å². The molecule has 0 aromatic carbocycles. The van der Waals surface area contributed by atoms with Gasteiger partial charge in [-0.15, -0.1) is 0 Å². The normalized spacial score (nSPS) is 21.3. The first-order chi connectivity index (χ1) is 9.85. The second-order valence-corrected chi connectivity index (χ2v) is 5.62. The van der Waals surface area contributed by atoms with Crippen molar-refractivity contribution in [3.05, 3.63) is 0 Å². The van der Waals surface area contributed by atoms with Crippen molar-refractivity contribution < 1.29 is 24.2 Å². The van der Waals surface area contributed by atoms with Crippen molar-refractivity contribution in [3.8, 4) is 0 Å². The average Bonchev–Trinajstić information content (AvgIpc) is 2.45. The summed E-state index contributed by atoms with van der Waals surface area (Å²) in [4.78, 5) is 35.8. The van der Waals surface area contributed by atoms with Crippen LogP contribution in [0, 0.1) is 11.8 Å². The number of likely N-dealkylation sites (tertiary alicyclic amines) is 1. The Morgan fingerprint density at radius 3 is 2.62 bits per heavy atom. The number of hydrogen-bond donors (Lipinski definition) is 2. The topological polar surface area (TPSA) is 95.9 Å². The molecule has 0 bridgehead atoms. The molecule has 3 unspecified atom stereocenters. The molecule has 1 rings (SSSR count). The van der Waals surface area contributed by atoms with Crippen LogP contribution in [-0.2, 0) is 14.3 Å². The Kier molecular flexibility index (Phi) is 6.45. The van der Waals surface area contributed by atoms with Gasteiger partial charge < -0.3 is 20.1 Å². The van der Waals surface area contributed by atoms with Crippen molar-refractivity contribution in [3.63, 3.8) is 0 Å². The lowest BCUT2D eigenvalue weighted by atomic mass is 9.85. The number of carboxylic acid groups (broad SMARTS) is 1. The van der Waals surface area contributed by atoms with E-state index in [0.29, 0.717) is 13.1 Å². The smallest absolute Gasteiger partial charge is 0.328 e. The van der Waals surface area contributed by atoms with Crippen LogP contribution in [0.25, 0.3) is 0 Å². The number of carbonyl (C=O) groups is 3. The second-order valence-electron chi connectivity index (χ2n) is 5.62. The zero-order chi connectivity index (χ0) is 16.0. The number of rotatable bonds is 5. The summed E-state index contributed by atoms with van der Waals surface area (Å²) in [6.45, 7) is 4.61. The third-order valence-electron chi connectivity index (χ3n) is 3.94. The molecule has 1 saturated heterocycles. The van der Waals surface area contributed by atoms with E-state index in [4.69, 9.17) is 5.11 Å². The molecule has 1 fully saturated rings. The number of ether oxygens (including phenoxy) is 1. The Balaban J connectivity index is 2.53. The van der Waals surface area contributed by atoms with E-state index < -0.39 is 18.0 Å². The van der Waals surface area contributed by atoms with Crippen molar-refractivity contribution in [1.29, 1.82) is 0 Å². The zero-order valence-electron chi connectivity index (χ0n) is 12.8. The van der Waals surface area contributed by atoms with Crippen LogP contribution in [0.15, 0.2) is 0 Å². The molecular formula is C14H24N2O5. The molecular weight excluding hydrogens is 276 g/mol. The van der Waals surface area contributed by atoms with E-state index >= 15 is 0 Å². The van der Waals surface area contributed by atoms with Crippen LogP contribution in [0.4, 0.5) is 4.79 Å². The van der Waals surface area contributed by atoms with Crippen molar-refractivity contribution in [2.45, 2.75) is 39.2 Å². The molecule has 2 N–H and O–H groups in total. The number of carboxylic acids is 1. The average molecular weight is 300 g/mol. The first kappa shape index (κ1) is 17.3. The summed E-state index contributed by atoms with van der Waals surface area (Å²) >= 11 is 0. The highest BCUT2D eigenvalue weighted by molar-refractivity contribution is 5.83. The van der Waals surface area contributed by atoms with E-state index in [1.807, 2.05) is 6.92 Å². The Hall–Kier alpha value is -1.79. The highest BCUT2D eigenvalue weighted by Crippen LogP contribution is 2.26. The molecule has 0 aromatic heterocycles. The summed E-state index contributed by atoms with van der Waals surface area (Å²) in [6, 6.07) is -1.00. The highest BCUT2D eigenvalue weighted by atomic mass is 16.5. The van der Waals surface area contributed by atoms with Gasteiger partial charge in [-0.2, -0.15) is 0 Å². The van der Waals surface area contributed by atoms with Gasteiger partial charge in [0.2, 0.25) is 0 Å². The Morgan fingerprint density at radius 2 is 2.05 bits per heavy atom. The lowest BCUT2D eigenvalue weighted by molar-refractivity contribution is -0.142. The van der Waals surface area contributed by atoms with Gasteiger partial charge in [0.1, 0.15) is 6.04 Å². The van der Waals surface area contributed by atoms with Crippen LogP contribution in [0.1, 0.15) is 33.1 Å². The fraction of sp³-hybridized carbons (Fsp3) is 0.786. The Morgan fingerprint density at radius 1 is 1.38 bits per heavy atom. The summed E-state index contributed by atoms with van der Waals surface area (Å²) in [5, 5.41) is 11.4. The monoisotopic (exact) mass is 300 g/mol. The summed E-state index contributed by atoms with van der Waals surface area (Å²) in [5.74, 6) is -1.11. The number of piperidine rings is 1. The van der Waals surface area contributed by atoms with E-state index in [0.717, 1.165) is 12.8 Å². The summed E-state index contributed by atoms with van der Waals surface area (Å²) in [7, 11) is 1.27. The number of methoxy groups -OCH3 is 1. The molecule has 2 amide bonds. The number of urea groups is 1. The molecule has 1 aliphatic heterocycles. The molecule has 0 spiro atoms. The summed E-state index contributed by atoms with van der Waals surface area (Å²) in [6.07, 6.45) is 1.87. The van der Waals surface area contributed by atoms with Crippen molar-refractivity contribution in [2.24, 2.45) is 11.8 Å². The quantitative estimate of drug-likeness (QED) is 0.741. The number of hydrogen-bond acceptors (Lipinski definition) is 4. The van der Waals surface area contributed by atoms with Gasteiger partial charge in [0.25, 0.3) is 0 Å². The zero-order valence-corrected chi connectivity index (χ0v) is 12.8. The van der Waals surface area contributed by atoms with Gasteiger partial charge in [0.05, 0.1) is 7.11 Å². The minimum absolute atomic E-state index is 0.0242. The predicted octanol–water partition coefficient (Wildman–Crippen LogP) is 1.08. The first-order valence-corrected chi connectivity index (χ1v) is 7.20. The molecule has 1 heterocycles. The number of carbonyl (C=O) groups excluding carboxylic acids is 2. The van der Waals surface area contributed by atoms with Crippen LogP contribution >= 0.6 is 0 Å². The largest absolute Gasteiger partial charge is 0.481 e. The maximum atomic E-state index is 12.1. The third kappa shape index (κ3) is 5.24. The van der Waals surface area contributed by atoms with E-state index in [1.54, 1.807) is 11.8 Å². The van der Waals surface area contributed by atoms with Gasteiger partial charge in [0, 0.05) is 19.5 Å². The molecule has 0 aromatic rings. The lowest BCUT2D eigenvalue weighted by Gasteiger charge is -2.35. The number of esters is 1. The maximum Gasteiger partial charge on any atom is 0.328 e. The van der Waals surface area contributed by atoms with Gasteiger partial charge >= 0.3 is 18.0 Å². The van der Waals surface area contributed by atoms with E-state index in [1.165, 1.54) is 7.11 Å². The van der Waals surface area contributed by atoms with Crippen LogP contribution in [0.5, 0.6) is 0 Å².